The van der Waals surface area contributed by atoms with E-state index in [0.717, 1.165) is 28.9 Å². The van der Waals surface area contributed by atoms with Gasteiger partial charge in [0, 0.05) is 41.3 Å². The molecule has 212 valence electrons. The van der Waals surface area contributed by atoms with Gasteiger partial charge in [0.1, 0.15) is 22.4 Å². The lowest BCUT2D eigenvalue weighted by molar-refractivity contribution is 0.134. The van der Waals surface area contributed by atoms with Crippen LogP contribution in [0.5, 0.6) is 0 Å². The Kier molecular flexibility index (Phi) is 8.59. The number of thiophene rings is 1. The quantitative estimate of drug-likeness (QED) is 0.348. The normalized spacial score (nSPS) is 19.3. The second-order valence-corrected chi connectivity index (χ2v) is 11.3. The summed E-state index contributed by atoms with van der Waals surface area (Å²) in [5.41, 5.74) is 15.7. The third-order valence-electron chi connectivity index (χ3n) is 7.45. The van der Waals surface area contributed by atoms with Gasteiger partial charge in [-0.15, -0.1) is 11.3 Å². The monoisotopic (exact) mass is 566 g/mol. The van der Waals surface area contributed by atoms with Crippen molar-refractivity contribution < 1.29 is 13.5 Å². The van der Waals surface area contributed by atoms with Gasteiger partial charge < -0.3 is 21.1 Å². The summed E-state index contributed by atoms with van der Waals surface area (Å²) in [7, 11) is 0. The number of hydrogen-bond donors (Lipinski definition) is 2. The maximum atomic E-state index is 16.8. The van der Waals surface area contributed by atoms with E-state index in [4.69, 9.17) is 16.2 Å². The predicted octanol–water partition coefficient (Wildman–Crippen LogP) is 6.83. The highest BCUT2D eigenvalue weighted by atomic mass is 32.1. The number of rotatable bonds is 5. The molecule has 4 N–H and O–H groups in total. The molecule has 2 aliphatic heterocycles. The van der Waals surface area contributed by atoms with Crippen LogP contribution in [-0.4, -0.2) is 28.6 Å². The zero-order valence-corrected chi connectivity index (χ0v) is 24.7. The van der Waals surface area contributed by atoms with E-state index in [1.807, 2.05) is 39.5 Å². The summed E-state index contributed by atoms with van der Waals surface area (Å²) in [5.74, 6) is -0.658. The van der Waals surface area contributed by atoms with Crippen molar-refractivity contribution in [2.45, 2.75) is 73.1 Å². The first-order chi connectivity index (χ1) is 19.1. The molecule has 0 bridgehead atoms. The molecule has 0 aliphatic carbocycles. The van der Waals surface area contributed by atoms with Gasteiger partial charge in [0.2, 0.25) is 5.95 Å². The number of nitrogen functional groups attached to an aromatic ring is 1. The minimum atomic E-state index is -0.550. The van der Waals surface area contributed by atoms with Crippen LogP contribution < -0.4 is 16.4 Å². The van der Waals surface area contributed by atoms with Crippen molar-refractivity contribution in [3.8, 4) is 6.07 Å². The Hall–Kier alpha value is -3.39. The number of anilines is 2. The number of nitrogens with two attached hydrogens (primary N) is 2. The minimum Gasteiger partial charge on any atom is -0.389 e. The molecular weight excluding hydrogens is 530 g/mol. The summed E-state index contributed by atoms with van der Waals surface area (Å²) in [5, 5.41) is 10.8. The smallest absolute Gasteiger partial charge is 0.226 e. The highest BCUT2D eigenvalue weighted by molar-refractivity contribution is 7.17. The Balaban J connectivity index is 0.00000181. The van der Waals surface area contributed by atoms with Crippen molar-refractivity contribution >= 4 is 44.6 Å². The highest BCUT2D eigenvalue weighted by Crippen LogP contribution is 2.47. The van der Waals surface area contributed by atoms with Crippen molar-refractivity contribution in [1.29, 1.82) is 5.26 Å². The molecule has 0 saturated carbocycles. The molecule has 3 aromatic rings. The molecule has 1 saturated heterocycles. The van der Waals surface area contributed by atoms with E-state index in [-0.39, 0.29) is 45.3 Å². The fourth-order valence-corrected chi connectivity index (χ4v) is 6.29. The number of hydrogen-bond acceptors (Lipinski definition) is 8. The Labute approximate surface area is 238 Å². The third kappa shape index (κ3) is 4.98. The van der Waals surface area contributed by atoms with Crippen molar-refractivity contribution in [1.82, 2.24) is 9.97 Å². The maximum absolute atomic E-state index is 16.8. The number of nitrogens with zero attached hydrogens (tertiary/aromatic N) is 4. The zero-order chi connectivity index (χ0) is 29.4. The summed E-state index contributed by atoms with van der Waals surface area (Å²) in [6.45, 7) is 13.0. The van der Waals surface area contributed by atoms with Crippen LogP contribution in [-0.2, 0) is 18.0 Å². The van der Waals surface area contributed by atoms with Gasteiger partial charge in [-0.25, -0.2) is 18.7 Å². The first kappa shape index (κ1) is 29.6. The number of aromatic nitrogens is 2. The SMILES string of the molecule is C/C=C(/F)c1sc(N)c(C#N)c1/C(=C(\C)CC)c1c2c(c3cnc(N4CCC(C)(N)C4)nc3c1F)COC2.CC. The molecular formula is C30H36F2N6OS. The lowest BCUT2D eigenvalue weighted by Crippen LogP contribution is -2.39. The highest BCUT2D eigenvalue weighted by Gasteiger charge is 2.34. The molecule has 2 aromatic heterocycles. The molecule has 40 heavy (non-hydrogen) atoms. The molecule has 4 heterocycles. The fraction of sp³-hybridized carbons (Fsp3) is 0.433. The van der Waals surface area contributed by atoms with Crippen LogP contribution in [0.2, 0.25) is 0 Å². The summed E-state index contributed by atoms with van der Waals surface area (Å²) >= 11 is 0.991. The predicted molar refractivity (Wildman–Crippen MR) is 159 cm³/mol. The van der Waals surface area contributed by atoms with Gasteiger partial charge in [-0.1, -0.05) is 32.4 Å². The summed E-state index contributed by atoms with van der Waals surface area (Å²) in [4.78, 5) is 11.4. The van der Waals surface area contributed by atoms with Gasteiger partial charge in [0.15, 0.2) is 5.82 Å². The Morgan fingerprint density at radius 1 is 1.30 bits per heavy atom. The first-order valence-corrected chi connectivity index (χ1v) is 14.4. The van der Waals surface area contributed by atoms with Gasteiger partial charge in [-0.2, -0.15) is 5.26 Å². The van der Waals surface area contributed by atoms with Crippen LogP contribution in [0.15, 0.2) is 17.8 Å². The second-order valence-electron chi connectivity index (χ2n) is 10.2. The molecule has 1 atom stereocenters. The van der Waals surface area contributed by atoms with Crippen molar-refractivity contribution in [2.75, 3.05) is 23.7 Å². The third-order valence-corrected chi connectivity index (χ3v) is 8.48. The molecule has 0 amide bonds. The second kappa shape index (κ2) is 11.6. The van der Waals surface area contributed by atoms with E-state index in [9.17, 15) is 5.26 Å². The zero-order valence-electron chi connectivity index (χ0n) is 23.9. The molecule has 1 aromatic carbocycles. The summed E-state index contributed by atoms with van der Waals surface area (Å²) < 4.78 is 37.7. The first-order valence-electron chi connectivity index (χ1n) is 13.6. The van der Waals surface area contributed by atoms with Gasteiger partial charge in [-0.05, 0) is 50.3 Å². The van der Waals surface area contributed by atoms with Crippen molar-refractivity contribution in [3.63, 3.8) is 0 Å². The molecule has 5 rings (SSSR count). The van der Waals surface area contributed by atoms with E-state index >= 15 is 8.78 Å². The molecule has 2 aliphatic rings. The Bertz CT molecular complexity index is 1570. The van der Waals surface area contributed by atoms with Gasteiger partial charge in [-0.3, -0.25) is 0 Å². The van der Waals surface area contributed by atoms with Crippen LogP contribution in [0.3, 0.4) is 0 Å². The Morgan fingerprint density at radius 2 is 2.00 bits per heavy atom. The number of nitriles is 1. The lowest BCUT2D eigenvalue weighted by Gasteiger charge is -2.22. The van der Waals surface area contributed by atoms with Crippen LogP contribution in [0.1, 0.15) is 87.1 Å². The molecule has 1 unspecified atom stereocenters. The lowest BCUT2D eigenvalue weighted by atomic mass is 9.85. The standard InChI is InChI=1S/C28H30F2N6OS.C2H6/c1-5-14(3)20(22-15(9-31)26(32)38-25(22)19(29)6-2)21-18-12-37-11-17(18)16-10-34-27(35-24(16)23(21)30)36-8-7-28(4,33)13-36;1-2/h6,10H,5,7-8,11-13,32-33H2,1-4H3;1-2H3/b19-6+,20-14+;. The number of fused-ring (bicyclic) bond motifs is 3. The van der Waals surface area contributed by atoms with E-state index < -0.39 is 11.6 Å². The number of ether oxygens (including phenoxy) is 1. The van der Waals surface area contributed by atoms with E-state index in [0.29, 0.717) is 47.5 Å². The molecule has 0 spiro atoms. The maximum Gasteiger partial charge on any atom is 0.226 e. The number of allylic oxidation sites excluding steroid dienone is 2. The van der Waals surface area contributed by atoms with Gasteiger partial charge >= 0.3 is 0 Å². The Morgan fingerprint density at radius 3 is 2.60 bits per heavy atom. The van der Waals surface area contributed by atoms with E-state index in [1.165, 1.54) is 6.08 Å². The van der Waals surface area contributed by atoms with Gasteiger partial charge in [0.25, 0.3) is 0 Å². The minimum absolute atomic E-state index is 0.139. The van der Waals surface area contributed by atoms with Crippen molar-refractivity contribution in [3.05, 3.63) is 56.4 Å². The topological polar surface area (TPSA) is 114 Å². The van der Waals surface area contributed by atoms with Crippen LogP contribution >= 0.6 is 11.3 Å². The average molecular weight is 567 g/mol. The van der Waals surface area contributed by atoms with Crippen LogP contribution in [0.4, 0.5) is 19.7 Å². The van der Waals surface area contributed by atoms with Gasteiger partial charge in [0.05, 0.1) is 23.7 Å². The fourth-order valence-electron chi connectivity index (χ4n) is 5.30. The summed E-state index contributed by atoms with van der Waals surface area (Å²) in [6.07, 6.45) is 4.30. The van der Waals surface area contributed by atoms with Crippen LogP contribution in [0.25, 0.3) is 22.3 Å². The molecule has 7 nitrogen and oxygen atoms in total. The molecule has 1 fully saturated rings. The van der Waals surface area contributed by atoms with E-state index in [2.05, 4.69) is 16.0 Å². The van der Waals surface area contributed by atoms with Crippen molar-refractivity contribution in [2.24, 2.45) is 5.73 Å². The number of halogens is 2. The number of benzene rings is 1. The molecule has 0 radical (unpaired) electrons. The average Bonchev–Trinajstić information content (AvgIpc) is 3.67. The van der Waals surface area contributed by atoms with E-state index in [1.54, 1.807) is 13.1 Å². The molecule has 10 heteroatoms. The largest absolute Gasteiger partial charge is 0.389 e. The van der Waals surface area contributed by atoms with Crippen LogP contribution in [0, 0.1) is 17.1 Å². The summed E-state index contributed by atoms with van der Waals surface area (Å²) in [6, 6.07) is 2.13.